The molecule has 1 fully saturated rings. The van der Waals surface area contributed by atoms with E-state index in [1.165, 1.54) is 0 Å². The Morgan fingerprint density at radius 2 is 1.80 bits per heavy atom. The standard InChI is InChI=1S/C24H22ClF3O2/c1-23(2)19(13-20(25)24(26,27)28)21(23)22(29)30-16-11-15-9-6-10-17(18(15)12-16)14-7-4-3-5-8-14/h3-10,13,16,19,21H,11-12H2,1-2H3/t16?,19-,21-/m0/s1. The van der Waals surface area contributed by atoms with Crippen molar-refractivity contribution in [3.8, 4) is 11.1 Å². The van der Waals surface area contributed by atoms with E-state index in [9.17, 15) is 18.0 Å². The van der Waals surface area contributed by atoms with Crippen LogP contribution < -0.4 is 0 Å². The Hall–Kier alpha value is -2.27. The smallest absolute Gasteiger partial charge is 0.426 e. The van der Waals surface area contributed by atoms with Crippen LogP contribution in [0.25, 0.3) is 11.1 Å². The number of alkyl halides is 3. The highest BCUT2D eigenvalue weighted by atomic mass is 35.5. The van der Waals surface area contributed by atoms with Crippen LogP contribution in [-0.2, 0) is 22.4 Å². The molecule has 2 aromatic rings. The number of hydrogen-bond acceptors (Lipinski definition) is 2. The highest BCUT2D eigenvalue weighted by Gasteiger charge is 2.62. The Balaban J connectivity index is 1.47. The summed E-state index contributed by atoms with van der Waals surface area (Å²) < 4.78 is 44.0. The average molecular weight is 435 g/mol. The van der Waals surface area contributed by atoms with Crippen molar-refractivity contribution in [1.29, 1.82) is 0 Å². The van der Waals surface area contributed by atoms with Crippen LogP contribution in [0.5, 0.6) is 0 Å². The van der Waals surface area contributed by atoms with Gasteiger partial charge in [-0.1, -0.05) is 80.1 Å². The van der Waals surface area contributed by atoms with E-state index in [2.05, 4.69) is 6.07 Å². The van der Waals surface area contributed by atoms with Crippen molar-refractivity contribution in [3.05, 3.63) is 70.8 Å². The number of hydrogen-bond donors (Lipinski definition) is 0. The van der Waals surface area contributed by atoms with Gasteiger partial charge in [-0.25, -0.2) is 0 Å². The molecule has 2 aromatic carbocycles. The number of esters is 1. The van der Waals surface area contributed by atoms with E-state index < -0.39 is 34.4 Å². The zero-order chi connectivity index (χ0) is 21.7. The molecule has 0 radical (unpaired) electrons. The van der Waals surface area contributed by atoms with Gasteiger partial charge in [-0.2, -0.15) is 13.2 Å². The molecule has 0 spiro atoms. The highest BCUT2D eigenvalue weighted by Crippen LogP contribution is 2.60. The predicted octanol–water partition coefficient (Wildman–Crippen LogP) is 6.32. The summed E-state index contributed by atoms with van der Waals surface area (Å²) in [6.07, 6.45) is -2.75. The van der Waals surface area contributed by atoms with E-state index in [0.717, 1.165) is 28.3 Å². The Morgan fingerprint density at radius 1 is 1.10 bits per heavy atom. The number of halogens is 4. The van der Waals surface area contributed by atoms with Crippen molar-refractivity contribution in [2.75, 3.05) is 0 Å². The molecule has 158 valence electrons. The number of rotatable bonds is 4. The summed E-state index contributed by atoms with van der Waals surface area (Å²) in [6, 6.07) is 16.1. The molecule has 6 heteroatoms. The van der Waals surface area contributed by atoms with Crippen LogP contribution in [0, 0.1) is 17.3 Å². The minimum absolute atomic E-state index is 0.309. The third-order valence-corrected chi connectivity index (χ3v) is 6.62. The molecule has 0 aliphatic heterocycles. The first-order valence-corrected chi connectivity index (χ1v) is 10.3. The number of benzene rings is 2. The van der Waals surface area contributed by atoms with Crippen LogP contribution in [0.4, 0.5) is 13.2 Å². The second kappa shape index (κ2) is 7.45. The minimum atomic E-state index is -4.60. The maximum Gasteiger partial charge on any atom is 0.426 e. The summed E-state index contributed by atoms with van der Waals surface area (Å²) >= 11 is 5.38. The summed E-state index contributed by atoms with van der Waals surface area (Å²) in [4.78, 5) is 12.7. The van der Waals surface area contributed by atoms with Crippen LogP contribution in [-0.4, -0.2) is 18.2 Å². The summed E-state index contributed by atoms with van der Waals surface area (Å²) in [7, 11) is 0. The van der Waals surface area contributed by atoms with E-state index in [1.54, 1.807) is 13.8 Å². The van der Waals surface area contributed by atoms with Gasteiger partial charge in [0.2, 0.25) is 0 Å². The van der Waals surface area contributed by atoms with Crippen molar-refractivity contribution in [1.82, 2.24) is 0 Å². The third kappa shape index (κ3) is 3.87. The first kappa shape index (κ1) is 21.0. The normalized spacial score (nSPS) is 25.0. The molecule has 4 rings (SSSR count). The third-order valence-electron chi connectivity index (χ3n) is 6.28. The van der Waals surface area contributed by atoms with E-state index in [4.69, 9.17) is 16.3 Å². The molecule has 1 saturated carbocycles. The lowest BCUT2D eigenvalue weighted by molar-refractivity contribution is -0.151. The summed E-state index contributed by atoms with van der Waals surface area (Å²) in [5.74, 6) is -1.65. The molecule has 0 amide bonds. The SMILES string of the molecule is CC1(C)[C@H](C(=O)OC2Cc3cccc(-c4ccccc4)c3C2)[C@@H]1C=C(Cl)C(F)(F)F. The van der Waals surface area contributed by atoms with Gasteiger partial charge >= 0.3 is 12.1 Å². The molecule has 0 N–H and O–H groups in total. The molecule has 1 unspecified atom stereocenters. The number of carbonyl (C=O) groups is 1. The second-order valence-electron chi connectivity index (χ2n) is 8.61. The molecular weight excluding hydrogens is 413 g/mol. The van der Waals surface area contributed by atoms with Crippen LogP contribution in [0.1, 0.15) is 25.0 Å². The number of carbonyl (C=O) groups excluding carboxylic acids is 1. The highest BCUT2D eigenvalue weighted by molar-refractivity contribution is 6.30. The second-order valence-corrected chi connectivity index (χ2v) is 9.02. The number of fused-ring (bicyclic) bond motifs is 1. The van der Waals surface area contributed by atoms with Crippen molar-refractivity contribution in [3.63, 3.8) is 0 Å². The fourth-order valence-electron chi connectivity index (χ4n) is 4.51. The van der Waals surface area contributed by atoms with Crippen molar-refractivity contribution in [2.45, 2.75) is 39.0 Å². The molecule has 0 bridgehead atoms. The van der Waals surface area contributed by atoms with Crippen molar-refractivity contribution >= 4 is 17.6 Å². The van der Waals surface area contributed by atoms with E-state index >= 15 is 0 Å². The molecule has 0 saturated heterocycles. The van der Waals surface area contributed by atoms with Crippen LogP contribution in [0.3, 0.4) is 0 Å². The molecule has 2 aliphatic carbocycles. The Kier molecular flexibility index (Phi) is 5.21. The van der Waals surface area contributed by atoms with Gasteiger partial charge in [-0.05, 0) is 33.6 Å². The monoisotopic (exact) mass is 434 g/mol. The molecule has 2 nitrogen and oxygen atoms in total. The summed E-state index contributed by atoms with van der Waals surface area (Å²) in [5, 5.41) is -1.18. The average Bonchev–Trinajstić information content (AvgIpc) is 3.01. The van der Waals surface area contributed by atoms with Crippen molar-refractivity contribution in [2.24, 2.45) is 17.3 Å². The molecule has 3 atom stereocenters. The zero-order valence-electron chi connectivity index (χ0n) is 16.7. The zero-order valence-corrected chi connectivity index (χ0v) is 17.4. The Bertz CT molecular complexity index is 995. The summed E-state index contributed by atoms with van der Waals surface area (Å²) in [6.45, 7) is 3.52. The Labute approximate surface area is 178 Å². The van der Waals surface area contributed by atoms with Crippen LogP contribution in [0.15, 0.2) is 59.6 Å². The number of allylic oxidation sites excluding steroid dienone is 2. The molecular formula is C24H22ClF3O2. The first-order chi connectivity index (χ1) is 14.1. The van der Waals surface area contributed by atoms with Crippen LogP contribution >= 0.6 is 11.6 Å². The molecule has 0 heterocycles. The first-order valence-electron chi connectivity index (χ1n) is 9.90. The minimum Gasteiger partial charge on any atom is -0.461 e. The van der Waals surface area contributed by atoms with Gasteiger partial charge in [0.25, 0.3) is 0 Å². The van der Waals surface area contributed by atoms with Gasteiger partial charge in [0.05, 0.1) is 5.92 Å². The quantitative estimate of drug-likeness (QED) is 0.526. The topological polar surface area (TPSA) is 26.3 Å². The lowest BCUT2D eigenvalue weighted by Gasteiger charge is -2.12. The fourth-order valence-corrected chi connectivity index (χ4v) is 4.65. The van der Waals surface area contributed by atoms with E-state index in [1.807, 2.05) is 42.5 Å². The maximum atomic E-state index is 12.8. The molecule has 2 aliphatic rings. The van der Waals surface area contributed by atoms with Crippen LogP contribution in [0.2, 0.25) is 0 Å². The lowest BCUT2D eigenvalue weighted by Crippen LogP contribution is -2.21. The fraction of sp³-hybridized carbons (Fsp3) is 0.375. The van der Waals surface area contributed by atoms with E-state index in [-0.39, 0.29) is 6.10 Å². The van der Waals surface area contributed by atoms with Gasteiger partial charge < -0.3 is 4.74 Å². The van der Waals surface area contributed by atoms with Gasteiger partial charge in [-0.3, -0.25) is 4.79 Å². The molecule has 0 aromatic heterocycles. The van der Waals surface area contributed by atoms with Gasteiger partial charge in [0.1, 0.15) is 11.1 Å². The Morgan fingerprint density at radius 3 is 2.47 bits per heavy atom. The lowest BCUT2D eigenvalue weighted by atomic mass is 9.97. The number of ether oxygens (including phenoxy) is 1. The van der Waals surface area contributed by atoms with Gasteiger partial charge in [0, 0.05) is 12.8 Å². The summed E-state index contributed by atoms with van der Waals surface area (Å²) in [5.41, 5.74) is 3.92. The largest absolute Gasteiger partial charge is 0.461 e. The predicted molar refractivity (Wildman–Crippen MR) is 110 cm³/mol. The molecule has 30 heavy (non-hydrogen) atoms. The van der Waals surface area contributed by atoms with Gasteiger partial charge in [-0.15, -0.1) is 0 Å². The van der Waals surface area contributed by atoms with E-state index in [0.29, 0.717) is 12.8 Å². The van der Waals surface area contributed by atoms with Gasteiger partial charge in [0.15, 0.2) is 0 Å². The maximum absolute atomic E-state index is 12.8. The van der Waals surface area contributed by atoms with Crippen molar-refractivity contribution < 1.29 is 22.7 Å².